The van der Waals surface area contributed by atoms with E-state index in [9.17, 15) is 0 Å². The molecule has 2 aromatic rings. The Hall–Kier alpha value is -0.911. The van der Waals surface area contributed by atoms with Gasteiger partial charge in [-0.3, -0.25) is 10.4 Å². The van der Waals surface area contributed by atoms with Crippen LogP contribution >= 0.6 is 34.1 Å². The van der Waals surface area contributed by atoms with E-state index in [0.717, 1.165) is 11.4 Å². The van der Waals surface area contributed by atoms with E-state index in [1.165, 1.54) is 5.56 Å². The maximum absolute atomic E-state index is 5.19. The molecule has 0 bridgehead atoms. The van der Waals surface area contributed by atoms with Crippen LogP contribution in [0.15, 0.2) is 59.8 Å². The zero-order valence-electron chi connectivity index (χ0n) is 10.9. The molecule has 0 saturated carbocycles. The van der Waals surface area contributed by atoms with E-state index in [1.54, 1.807) is 24.2 Å². The quantitative estimate of drug-likeness (QED) is 0.374. The van der Waals surface area contributed by atoms with Crippen LogP contribution in [0.4, 0.5) is 0 Å². The molecule has 1 N–H and O–H groups in total. The van der Waals surface area contributed by atoms with Gasteiger partial charge in [0.05, 0.1) is 11.9 Å². The molecule has 0 aliphatic carbocycles. The summed E-state index contributed by atoms with van der Waals surface area (Å²) in [7, 11) is 4.20. The summed E-state index contributed by atoms with van der Waals surface area (Å²) in [6, 6.07) is 15.9. The van der Waals surface area contributed by atoms with Gasteiger partial charge in [-0.05, 0) is 17.7 Å². The van der Waals surface area contributed by atoms with E-state index in [1.807, 2.05) is 36.4 Å². The summed E-state index contributed by atoms with van der Waals surface area (Å²) < 4.78 is 0.649. The molecule has 2 rings (SSSR count). The number of halogens is 1. The second-order valence-electron chi connectivity index (χ2n) is 3.69. The number of hydrazone groups is 1. The Labute approximate surface area is 146 Å². The van der Waals surface area contributed by atoms with E-state index in [-0.39, 0.29) is 0 Å². The molecule has 0 aliphatic heterocycles. The normalized spacial score (nSPS) is 9.86. The van der Waals surface area contributed by atoms with Crippen molar-refractivity contribution in [2.75, 3.05) is 0 Å². The fraction of sp³-hybridized carbons (Fsp3) is 0.0714. The number of hydrogen-bond acceptors (Lipinski definition) is 4. The van der Waals surface area contributed by atoms with Crippen LogP contribution in [0.25, 0.3) is 0 Å². The first-order chi connectivity index (χ1) is 10.3. The maximum atomic E-state index is 5.19. The van der Waals surface area contributed by atoms with Gasteiger partial charge in [-0.1, -0.05) is 60.4 Å². The first kappa shape index (κ1) is 18.1. The Morgan fingerprint density at radius 2 is 1.95 bits per heavy atom. The third-order valence-electron chi connectivity index (χ3n) is 2.25. The third kappa shape index (κ3) is 8.19. The van der Waals surface area contributed by atoms with Crippen LogP contribution < -0.4 is 5.43 Å². The summed E-state index contributed by atoms with van der Waals surface area (Å²) in [6.45, 7) is 0. The van der Waals surface area contributed by atoms with Gasteiger partial charge in [0.1, 0.15) is 0 Å². The van der Waals surface area contributed by atoms with Gasteiger partial charge in [0, 0.05) is 11.9 Å². The standard InChI is InChI=1S/C14H13N3S2.ClH.Cu/c18-14(19-11-12-6-2-1-3-7-12)17-16-10-13-8-4-5-9-15-13;;/h1-10H,11H2,(H,17,18);1H;/q;;+1/p-1. The van der Waals surface area contributed by atoms with Crippen molar-refractivity contribution in [1.82, 2.24) is 10.4 Å². The van der Waals surface area contributed by atoms with Crippen LogP contribution in [-0.2, 0) is 20.9 Å². The number of hydrogen-bond donors (Lipinski definition) is 1. The molecule has 0 amide bonds. The Bertz CT molecular complexity index is 553. The molecule has 1 aromatic carbocycles. The van der Waals surface area contributed by atoms with Gasteiger partial charge in [-0.15, -0.1) is 0 Å². The predicted octanol–water partition coefficient (Wildman–Crippen LogP) is 3.91. The van der Waals surface area contributed by atoms with Crippen LogP contribution in [0.5, 0.6) is 0 Å². The summed E-state index contributed by atoms with van der Waals surface area (Å²) in [5, 5.41) is 4.05. The van der Waals surface area contributed by atoms with Crippen LogP contribution in [-0.4, -0.2) is 15.5 Å². The summed E-state index contributed by atoms with van der Waals surface area (Å²) in [6.07, 6.45) is 3.37. The van der Waals surface area contributed by atoms with E-state index < -0.39 is 0 Å². The van der Waals surface area contributed by atoms with Crippen molar-refractivity contribution < 1.29 is 15.1 Å². The molecule has 1 heterocycles. The summed E-state index contributed by atoms with van der Waals surface area (Å²) >= 11 is 10.4. The number of thioether (sulfide) groups is 1. The Morgan fingerprint density at radius 3 is 2.62 bits per heavy atom. The fourth-order valence-electron chi connectivity index (χ4n) is 1.36. The average Bonchev–Trinajstić information content (AvgIpc) is 2.57. The number of nitrogens with one attached hydrogen (secondary N) is 1. The molecule has 0 atom stereocenters. The molecule has 21 heavy (non-hydrogen) atoms. The van der Waals surface area contributed by atoms with E-state index in [4.69, 9.17) is 12.2 Å². The second kappa shape index (κ2) is 11.7. The average molecular weight is 386 g/mol. The Balaban J connectivity index is 0.00000106. The number of benzene rings is 1. The monoisotopic (exact) mass is 385 g/mol. The molecule has 1 aromatic heterocycles. The van der Waals surface area contributed by atoms with Crippen molar-refractivity contribution in [3.8, 4) is 0 Å². The van der Waals surface area contributed by atoms with Gasteiger partial charge in [0.15, 0.2) is 4.32 Å². The van der Waals surface area contributed by atoms with Gasteiger partial charge in [-0.25, -0.2) is 0 Å². The zero-order chi connectivity index (χ0) is 15.3. The van der Waals surface area contributed by atoms with Crippen molar-refractivity contribution in [3.05, 3.63) is 66.0 Å². The minimum atomic E-state index is 0.649. The molecular formula is C14H13ClCuN3S2. The van der Waals surface area contributed by atoms with Crippen molar-refractivity contribution in [3.63, 3.8) is 0 Å². The van der Waals surface area contributed by atoms with Crippen molar-refractivity contribution >= 4 is 44.6 Å². The van der Waals surface area contributed by atoms with Gasteiger partial charge >= 0.3 is 25.2 Å². The van der Waals surface area contributed by atoms with Crippen molar-refractivity contribution in [2.45, 2.75) is 5.75 Å². The first-order valence-electron chi connectivity index (χ1n) is 5.87. The van der Waals surface area contributed by atoms with Crippen LogP contribution in [0, 0.1) is 0 Å². The van der Waals surface area contributed by atoms with Crippen LogP contribution in [0.2, 0.25) is 0 Å². The Kier molecular flexibility index (Phi) is 10.1. The minimum absolute atomic E-state index is 0.649. The second-order valence-corrected chi connectivity index (χ2v) is 5.34. The summed E-state index contributed by atoms with van der Waals surface area (Å²) in [5.41, 5.74) is 4.86. The molecule has 0 spiro atoms. The molecule has 7 heteroatoms. The van der Waals surface area contributed by atoms with Gasteiger partial charge in [0.2, 0.25) is 0 Å². The van der Waals surface area contributed by atoms with Gasteiger partial charge in [-0.2, -0.15) is 5.10 Å². The first-order valence-corrected chi connectivity index (χ1v) is 8.56. The molecule has 3 nitrogen and oxygen atoms in total. The number of pyridine rings is 1. The van der Waals surface area contributed by atoms with Crippen LogP contribution in [0.3, 0.4) is 0 Å². The summed E-state index contributed by atoms with van der Waals surface area (Å²) in [5.74, 6) is 0.839. The van der Waals surface area contributed by atoms with Crippen molar-refractivity contribution in [1.29, 1.82) is 0 Å². The van der Waals surface area contributed by atoms with E-state index in [0.29, 0.717) is 4.32 Å². The Morgan fingerprint density at radius 1 is 1.24 bits per heavy atom. The molecular weight excluding hydrogens is 373 g/mol. The summed E-state index contributed by atoms with van der Waals surface area (Å²) in [4.78, 5) is 4.13. The molecule has 0 radical (unpaired) electrons. The third-order valence-corrected chi connectivity index (χ3v) is 3.53. The van der Waals surface area contributed by atoms with Crippen LogP contribution in [0.1, 0.15) is 11.3 Å². The molecule has 0 fully saturated rings. The number of nitrogens with zero attached hydrogens (tertiary/aromatic N) is 2. The number of rotatable bonds is 4. The predicted molar refractivity (Wildman–Crippen MR) is 91.2 cm³/mol. The fourth-order valence-corrected chi connectivity index (χ4v) is 2.20. The van der Waals surface area contributed by atoms with Crippen molar-refractivity contribution in [2.24, 2.45) is 5.10 Å². The van der Waals surface area contributed by atoms with Gasteiger partial charge in [0.25, 0.3) is 0 Å². The molecule has 0 aliphatic rings. The van der Waals surface area contributed by atoms with Gasteiger partial charge < -0.3 is 0 Å². The topological polar surface area (TPSA) is 37.3 Å². The SMILES string of the molecule is S=C(NN=Cc1ccccn1)SCc1ccccc1.[Cl][Cu]. The van der Waals surface area contributed by atoms with E-state index in [2.05, 4.69) is 52.8 Å². The molecule has 114 valence electrons. The molecule has 0 saturated heterocycles. The van der Waals surface area contributed by atoms with E-state index >= 15 is 0 Å². The number of aromatic nitrogens is 1. The number of thiocarbonyl (C=S) groups is 1. The zero-order valence-corrected chi connectivity index (χ0v) is 14.2. The molecule has 0 unspecified atom stereocenters.